The molecule has 128 valence electrons. The smallest absolute Gasteiger partial charge is 0.240 e. The molecule has 0 unspecified atom stereocenters. The van der Waals surface area contributed by atoms with Crippen molar-refractivity contribution in [2.75, 3.05) is 20.8 Å². The van der Waals surface area contributed by atoms with Gasteiger partial charge in [0.2, 0.25) is 10.0 Å². The molecule has 0 aliphatic rings. The molecule has 0 amide bonds. The second kappa shape index (κ2) is 8.57. The van der Waals surface area contributed by atoms with Crippen LogP contribution in [0.15, 0.2) is 23.1 Å². The lowest BCUT2D eigenvalue weighted by molar-refractivity contribution is 0.353. The van der Waals surface area contributed by atoms with Crippen LogP contribution in [0.5, 0.6) is 11.5 Å². The van der Waals surface area contributed by atoms with Gasteiger partial charge in [-0.05, 0) is 25.0 Å². The van der Waals surface area contributed by atoms with Gasteiger partial charge in [0.05, 0.1) is 19.1 Å². The molecule has 8 heteroatoms. The minimum Gasteiger partial charge on any atom is -0.493 e. The summed E-state index contributed by atoms with van der Waals surface area (Å²) >= 11 is 0. The van der Waals surface area contributed by atoms with Crippen molar-refractivity contribution in [3.8, 4) is 11.5 Å². The van der Waals surface area contributed by atoms with Crippen molar-refractivity contribution in [2.24, 2.45) is 5.73 Å². The van der Waals surface area contributed by atoms with Crippen molar-refractivity contribution in [1.29, 1.82) is 0 Å². The van der Waals surface area contributed by atoms with Gasteiger partial charge >= 0.3 is 0 Å². The Hall–Kier alpha value is -1.02. The molecule has 0 saturated heterocycles. The minimum absolute atomic E-state index is 0. The Morgan fingerprint density at radius 2 is 1.68 bits per heavy atom. The second-order valence-corrected chi connectivity index (χ2v) is 6.68. The van der Waals surface area contributed by atoms with Gasteiger partial charge in [0, 0.05) is 18.2 Å². The third-order valence-electron chi connectivity index (χ3n) is 3.69. The van der Waals surface area contributed by atoms with Gasteiger partial charge in [-0.3, -0.25) is 0 Å². The van der Waals surface area contributed by atoms with E-state index < -0.39 is 15.6 Å². The average Bonchev–Trinajstić information content (AvgIpc) is 2.51. The normalized spacial score (nSPS) is 11.7. The highest BCUT2D eigenvalue weighted by atomic mass is 35.5. The summed E-state index contributed by atoms with van der Waals surface area (Å²) in [6.07, 6.45) is 1.38. The summed E-state index contributed by atoms with van der Waals surface area (Å²) in [7, 11) is -0.682. The van der Waals surface area contributed by atoms with Crippen LogP contribution in [0.2, 0.25) is 0 Å². The predicted octanol–water partition coefficient (Wildman–Crippen LogP) is 1.92. The van der Waals surface area contributed by atoms with E-state index in [4.69, 9.17) is 15.2 Å². The third-order valence-corrected chi connectivity index (χ3v) is 5.09. The van der Waals surface area contributed by atoms with Gasteiger partial charge in [-0.1, -0.05) is 13.8 Å². The minimum atomic E-state index is -3.64. The van der Waals surface area contributed by atoms with Crippen LogP contribution in [-0.4, -0.2) is 34.7 Å². The molecule has 22 heavy (non-hydrogen) atoms. The zero-order valence-electron chi connectivity index (χ0n) is 13.4. The Bertz CT molecular complexity index is 574. The van der Waals surface area contributed by atoms with E-state index in [1.807, 2.05) is 13.8 Å². The van der Waals surface area contributed by atoms with E-state index >= 15 is 0 Å². The molecule has 0 atom stereocenters. The molecule has 0 bridgehead atoms. The topological polar surface area (TPSA) is 90.7 Å². The standard InChI is InChI=1S/C14H24N2O4S.ClH/c1-5-14(15,6-2)10-16-21(17,18)11-7-8-12(19-3)13(9-11)20-4;/h7-9,16H,5-6,10,15H2,1-4H3;1H. The molecule has 1 aromatic carbocycles. The first-order chi connectivity index (χ1) is 9.81. The predicted molar refractivity (Wildman–Crippen MR) is 89.5 cm³/mol. The van der Waals surface area contributed by atoms with Crippen molar-refractivity contribution in [3.05, 3.63) is 18.2 Å². The first-order valence-corrected chi connectivity index (χ1v) is 8.30. The molecule has 0 saturated carbocycles. The number of nitrogens with one attached hydrogen (secondary N) is 1. The molecule has 6 nitrogen and oxygen atoms in total. The fourth-order valence-electron chi connectivity index (χ4n) is 1.81. The Morgan fingerprint density at radius 1 is 1.14 bits per heavy atom. The number of hydrogen-bond acceptors (Lipinski definition) is 5. The van der Waals surface area contributed by atoms with E-state index in [-0.39, 0.29) is 23.8 Å². The van der Waals surface area contributed by atoms with Crippen LogP contribution in [-0.2, 0) is 10.0 Å². The largest absolute Gasteiger partial charge is 0.493 e. The van der Waals surface area contributed by atoms with E-state index in [2.05, 4.69) is 4.72 Å². The van der Waals surface area contributed by atoms with Crippen molar-refractivity contribution in [1.82, 2.24) is 4.72 Å². The number of benzene rings is 1. The summed E-state index contributed by atoms with van der Waals surface area (Å²) in [6, 6.07) is 4.46. The summed E-state index contributed by atoms with van der Waals surface area (Å²) in [5.74, 6) is 0.845. The molecule has 1 rings (SSSR count). The number of nitrogens with two attached hydrogens (primary N) is 1. The van der Waals surface area contributed by atoms with Crippen LogP contribution < -0.4 is 19.9 Å². The number of rotatable bonds is 8. The lowest BCUT2D eigenvalue weighted by atomic mass is 9.95. The van der Waals surface area contributed by atoms with E-state index in [1.165, 1.54) is 26.4 Å². The summed E-state index contributed by atoms with van der Waals surface area (Å²) in [4.78, 5) is 0.120. The number of methoxy groups -OCH3 is 2. The zero-order chi connectivity index (χ0) is 16.1. The van der Waals surface area contributed by atoms with E-state index in [9.17, 15) is 8.42 Å². The first kappa shape index (κ1) is 21.0. The quantitative estimate of drug-likeness (QED) is 0.746. The molecule has 0 aliphatic carbocycles. The van der Waals surface area contributed by atoms with Gasteiger partial charge in [0.25, 0.3) is 0 Å². The Balaban J connectivity index is 0.00000441. The van der Waals surface area contributed by atoms with Gasteiger partial charge in [0.15, 0.2) is 11.5 Å². The maximum absolute atomic E-state index is 12.3. The van der Waals surface area contributed by atoms with E-state index in [0.29, 0.717) is 24.3 Å². The molecular weight excluding hydrogens is 328 g/mol. The van der Waals surface area contributed by atoms with E-state index in [1.54, 1.807) is 6.07 Å². The van der Waals surface area contributed by atoms with Crippen molar-refractivity contribution < 1.29 is 17.9 Å². The van der Waals surface area contributed by atoms with Crippen LogP contribution in [0.4, 0.5) is 0 Å². The molecule has 0 fully saturated rings. The highest BCUT2D eigenvalue weighted by Crippen LogP contribution is 2.29. The van der Waals surface area contributed by atoms with Crippen molar-refractivity contribution in [2.45, 2.75) is 37.1 Å². The first-order valence-electron chi connectivity index (χ1n) is 6.82. The maximum atomic E-state index is 12.3. The second-order valence-electron chi connectivity index (χ2n) is 4.91. The Morgan fingerprint density at radius 3 is 2.14 bits per heavy atom. The summed E-state index contributed by atoms with van der Waals surface area (Å²) in [5.41, 5.74) is 5.57. The number of sulfonamides is 1. The number of hydrogen-bond donors (Lipinski definition) is 2. The van der Waals surface area contributed by atoms with Gasteiger partial charge in [-0.2, -0.15) is 0 Å². The van der Waals surface area contributed by atoms with Crippen LogP contribution >= 0.6 is 12.4 Å². The van der Waals surface area contributed by atoms with Crippen molar-refractivity contribution >= 4 is 22.4 Å². The van der Waals surface area contributed by atoms with Gasteiger partial charge in [0.1, 0.15) is 0 Å². The van der Waals surface area contributed by atoms with Crippen LogP contribution in [0.1, 0.15) is 26.7 Å². The summed E-state index contributed by atoms with van der Waals surface area (Å²) in [5, 5.41) is 0. The van der Waals surface area contributed by atoms with Crippen LogP contribution in [0.3, 0.4) is 0 Å². The van der Waals surface area contributed by atoms with Gasteiger partial charge in [-0.25, -0.2) is 13.1 Å². The Labute approximate surface area is 138 Å². The van der Waals surface area contributed by atoms with E-state index in [0.717, 1.165) is 0 Å². The fraction of sp³-hybridized carbons (Fsp3) is 0.571. The number of ether oxygens (including phenoxy) is 2. The zero-order valence-corrected chi connectivity index (χ0v) is 15.0. The molecule has 0 heterocycles. The Kier molecular flexibility index (Phi) is 8.17. The number of halogens is 1. The molecular formula is C14H25ClN2O4S. The van der Waals surface area contributed by atoms with Crippen LogP contribution in [0.25, 0.3) is 0 Å². The lowest BCUT2D eigenvalue weighted by Crippen LogP contribution is -2.49. The summed E-state index contributed by atoms with van der Waals surface area (Å²) < 4.78 is 37.4. The van der Waals surface area contributed by atoms with Crippen LogP contribution in [0, 0.1) is 0 Å². The molecule has 0 radical (unpaired) electrons. The molecule has 0 aromatic heterocycles. The van der Waals surface area contributed by atoms with Gasteiger partial charge < -0.3 is 15.2 Å². The maximum Gasteiger partial charge on any atom is 0.240 e. The highest BCUT2D eigenvalue weighted by molar-refractivity contribution is 7.89. The highest BCUT2D eigenvalue weighted by Gasteiger charge is 2.24. The molecule has 0 aliphatic heterocycles. The summed E-state index contributed by atoms with van der Waals surface area (Å²) in [6.45, 7) is 4.07. The SMILES string of the molecule is CCC(N)(CC)CNS(=O)(=O)c1ccc(OC)c(OC)c1.Cl. The van der Waals surface area contributed by atoms with Gasteiger partial charge in [-0.15, -0.1) is 12.4 Å². The third kappa shape index (κ3) is 5.01. The molecule has 1 aromatic rings. The molecule has 3 N–H and O–H groups in total. The van der Waals surface area contributed by atoms with Crippen molar-refractivity contribution in [3.63, 3.8) is 0 Å². The lowest BCUT2D eigenvalue weighted by Gasteiger charge is -2.26. The average molecular weight is 353 g/mol. The monoisotopic (exact) mass is 352 g/mol. The molecule has 0 spiro atoms. The fourth-order valence-corrected chi connectivity index (χ4v) is 2.96.